The van der Waals surface area contributed by atoms with E-state index in [0.717, 1.165) is 103 Å². The molecule has 0 aliphatic rings. The van der Waals surface area contributed by atoms with Crippen molar-refractivity contribution in [2.75, 3.05) is 13.2 Å². The maximum atomic E-state index is 12.9. The highest BCUT2D eigenvalue weighted by atomic mass is 16.6. The van der Waals surface area contributed by atoms with Gasteiger partial charge in [-0.1, -0.05) is 351 Å². The molecule has 0 aliphatic heterocycles. The van der Waals surface area contributed by atoms with Crippen LogP contribution < -0.4 is 0 Å². The molecule has 0 fully saturated rings. The zero-order chi connectivity index (χ0) is 58.5. The van der Waals surface area contributed by atoms with Crippen LogP contribution in [0.2, 0.25) is 0 Å². The average Bonchev–Trinajstić information content (AvgIpc) is 3.47. The molecule has 0 heterocycles. The van der Waals surface area contributed by atoms with Gasteiger partial charge in [-0.15, -0.1) is 0 Å². The van der Waals surface area contributed by atoms with Crippen molar-refractivity contribution < 1.29 is 28.6 Å². The van der Waals surface area contributed by atoms with E-state index < -0.39 is 6.10 Å². The Morgan fingerprint density at radius 3 is 0.753 bits per heavy atom. The molecule has 6 nitrogen and oxygen atoms in total. The topological polar surface area (TPSA) is 78.9 Å². The van der Waals surface area contributed by atoms with Crippen molar-refractivity contribution in [1.29, 1.82) is 0 Å². The fraction of sp³-hybridized carbons (Fsp3) is 0.800. The average molecular weight is 1130 g/mol. The third kappa shape index (κ3) is 67.5. The lowest BCUT2D eigenvalue weighted by Gasteiger charge is -2.18. The van der Waals surface area contributed by atoms with E-state index in [2.05, 4.69) is 93.7 Å². The van der Waals surface area contributed by atoms with E-state index in [9.17, 15) is 14.4 Å². The van der Waals surface area contributed by atoms with Crippen LogP contribution in [-0.2, 0) is 28.6 Å². The lowest BCUT2D eigenvalue weighted by atomic mass is 10.0. The third-order valence-corrected chi connectivity index (χ3v) is 15.7. The summed E-state index contributed by atoms with van der Waals surface area (Å²) in [4.78, 5) is 38.0. The van der Waals surface area contributed by atoms with Crippen molar-refractivity contribution in [2.24, 2.45) is 0 Å². The number of hydrogen-bond donors (Lipinski definition) is 0. The van der Waals surface area contributed by atoms with Gasteiger partial charge in [0.15, 0.2) is 6.10 Å². The first-order valence-electron chi connectivity index (χ1n) is 35.4. The summed E-state index contributed by atoms with van der Waals surface area (Å²) >= 11 is 0. The van der Waals surface area contributed by atoms with Gasteiger partial charge in [0.2, 0.25) is 0 Å². The number of allylic oxidation sites excluding steroid dienone is 12. The molecule has 6 heteroatoms. The van der Waals surface area contributed by atoms with Gasteiger partial charge < -0.3 is 14.2 Å². The van der Waals surface area contributed by atoms with Gasteiger partial charge in [-0.05, 0) is 70.6 Å². The molecule has 0 aromatic rings. The largest absolute Gasteiger partial charge is 0.462 e. The van der Waals surface area contributed by atoms with E-state index in [1.807, 2.05) is 0 Å². The summed E-state index contributed by atoms with van der Waals surface area (Å²) in [5.41, 5.74) is 0. The summed E-state index contributed by atoms with van der Waals surface area (Å²) in [6.45, 7) is 6.50. The highest BCUT2D eigenvalue weighted by molar-refractivity contribution is 5.71. The standard InChI is InChI=1S/C75H134O6/c1-4-7-10-13-15-17-19-21-23-25-27-29-31-32-33-34-35-36-37-38-39-40-41-42-44-45-47-49-51-53-55-57-59-62-65-68-74(77)80-71-72(70-79-73(76)67-64-61-12-9-6-3)81-75(78)69-66-63-60-58-56-54-52-50-48-46-43-30-28-26-24-22-20-18-16-14-11-8-5-2/h7,10,15,17,21,23,27,29,32-33,35-36,72H,4-6,8-9,11-14,16,18-20,22,24-26,28,30-31,34,37-71H2,1-3H3/b10-7-,17-15-,23-21-,29-27-,33-32-,36-35-. The minimum absolute atomic E-state index is 0.0694. The molecule has 0 bridgehead atoms. The lowest BCUT2D eigenvalue weighted by molar-refractivity contribution is -0.167. The molecule has 0 radical (unpaired) electrons. The first-order valence-corrected chi connectivity index (χ1v) is 35.4. The quantitative estimate of drug-likeness (QED) is 0.0261. The molecule has 1 unspecified atom stereocenters. The highest BCUT2D eigenvalue weighted by Crippen LogP contribution is 2.18. The van der Waals surface area contributed by atoms with Crippen molar-refractivity contribution in [3.63, 3.8) is 0 Å². The number of rotatable bonds is 65. The zero-order valence-corrected chi connectivity index (χ0v) is 54.1. The van der Waals surface area contributed by atoms with Crippen molar-refractivity contribution >= 4 is 17.9 Å². The van der Waals surface area contributed by atoms with Gasteiger partial charge in [0.1, 0.15) is 13.2 Å². The van der Waals surface area contributed by atoms with E-state index >= 15 is 0 Å². The smallest absolute Gasteiger partial charge is 0.306 e. The van der Waals surface area contributed by atoms with Crippen molar-refractivity contribution in [1.82, 2.24) is 0 Å². The summed E-state index contributed by atoms with van der Waals surface area (Å²) in [5.74, 6) is -0.861. The van der Waals surface area contributed by atoms with E-state index in [0.29, 0.717) is 19.3 Å². The Morgan fingerprint density at radius 1 is 0.259 bits per heavy atom. The molecule has 0 amide bonds. The predicted molar refractivity (Wildman–Crippen MR) is 353 cm³/mol. The molecule has 0 aromatic heterocycles. The molecule has 0 aromatic carbocycles. The SMILES string of the molecule is CC/C=C\C/C=C\C/C=C\C/C=C\C/C=C\C/C=C\CCCCCCCCCCCCCCCCCCC(=O)OCC(COC(=O)CCCCCCC)OC(=O)CCCCCCCCCCCCCCCCCCCCCCCCC. The first kappa shape index (κ1) is 77.9. The lowest BCUT2D eigenvalue weighted by Crippen LogP contribution is -2.30. The summed E-state index contributed by atoms with van der Waals surface area (Å²) in [6, 6.07) is 0. The van der Waals surface area contributed by atoms with Crippen LogP contribution in [0.15, 0.2) is 72.9 Å². The van der Waals surface area contributed by atoms with Crippen LogP contribution in [0.5, 0.6) is 0 Å². The first-order chi connectivity index (χ1) is 40.0. The molecule has 0 saturated heterocycles. The van der Waals surface area contributed by atoms with Crippen molar-refractivity contribution in [3.8, 4) is 0 Å². The summed E-state index contributed by atoms with van der Waals surface area (Å²) in [7, 11) is 0. The second kappa shape index (κ2) is 69.3. The van der Waals surface area contributed by atoms with Crippen LogP contribution in [0, 0.1) is 0 Å². The van der Waals surface area contributed by atoms with Gasteiger partial charge in [-0.3, -0.25) is 14.4 Å². The summed E-state index contributed by atoms with van der Waals surface area (Å²) < 4.78 is 16.8. The highest BCUT2D eigenvalue weighted by Gasteiger charge is 2.19. The van der Waals surface area contributed by atoms with Crippen LogP contribution in [0.25, 0.3) is 0 Å². The maximum absolute atomic E-state index is 12.9. The van der Waals surface area contributed by atoms with Gasteiger partial charge in [0, 0.05) is 19.3 Å². The van der Waals surface area contributed by atoms with Gasteiger partial charge >= 0.3 is 17.9 Å². The molecule has 0 spiro atoms. The minimum atomic E-state index is -0.768. The molecule has 470 valence electrons. The molecular formula is C75H134O6. The Bertz CT molecular complexity index is 1490. The number of hydrogen-bond acceptors (Lipinski definition) is 6. The van der Waals surface area contributed by atoms with Gasteiger partial charge in [0.25, 0.3) is 0 Å². The van der Waals surface area contributed by atoms with Crippen LogP contribution in [0.1, 0.15) is 367 Å². The van der Waals surface area contributed by atoms with Crippen LogP contribution >= 0.6 is 0 Å². The van der Waals surface area contributed by atoms with Gasteiger partial charge in [-0.25, -0.2) is 0 Å². The summed E-state index contributed by atoms with van der Waals surface area (Å²) in [6.07, 6.45) is 91.4. The molecule has 0 N–H and O–H groups in total. The van der Waals surface area contributed by atoms with Gasteiger partial charge in [0.05, 0.1) is 0 Å². The Balaban J connectivity index is 3.92. The number of carbonyl (C=O) groups is 3. The number of ether oxygens (including phenoxy) is 3. The van der Waals surface area contributed by atoms with Crippen LogP contribution in [-0.4, -0.2) is 37.2 Å². The molecule has 81 heavy (non-hydrogen) atoms. The fourth-order valence-corrected chi connectivity index (χ4v) is 10.5. The monoisotopic (exact) mass is 1130 g/mol. The number of carbonyl (C=O) groups excluding carboxylic acids is 3. The van der Waals surface area contributed by atoms with E-state index in [-0.39, 0.29) is 31.1 Å². The Kier molecular flexibility index (Phi) is 66.6. The van der Waals surface area contributed by atoms with Crippen molar-refractivity contribution in [2.45, 2.75) is 374 Å². The molecule has 1 atom stereocenters. The molecular weight excluding hydrogens is 997 g/mol. The van der Waals surface area contributed by atoms with Gasteiger partial charge in [-0.2, -0.15) is 0 Å². The number of esters is 3. The third-order valence-electron chi connectivity index (χ3n) is 15.7. The molecule has 0 saturated carbocycles. The summed E-state index contributed by atoms with van der Waals surface area (Å²) in [5, 5.41) is 0. The van der Waals surface area contributed by atoms with E-state index in [1.54, 1.807) is 0 Å². The second-order valence-corrected chi connectivity index (χ2v) is 23.8. The van der Waals surface area contributed by atoms with Crippen LogP contribution in [0.3, 0.4) is 0 Å². The maximum Gasteiger partial charge on any atom is 0.306 e. The Labute approximate surface area is 503 Å². The Hall–Kier alpha value is -3.15. The fourth-order valence-electron chi connectivity index (χ4n) is 10.5. The minimum Gasteiger partial charge on any atom is -0.462 e. The molecule has 0 aliphatic carbocycles. The van der Waals surface area contributed by atoms with E-state index in [1.165, 1.54) is 225 Å². The predicted octanol–water partition coefficient (Wildman–Crippen LogP) is 24.4. The van der Waals surface area contributed by atoms with E-state index in [4.69, 9.17) is 14.2 Å². The van der Waals surface area contributed by atoms with Crippen LogP contribution in [0.4, 0.5) is 0 Å². The zero-order valence-electron chi connectivity index (χ0n) is 54.1. The normalized spacial score (nSPS) is 12.5. The van der Waals surface area contributed by atoms with Crippen molar-refractivity contribution in [3.05, 3.63) is 72.9 Å². The number of unbranched alkanes of at least 4 members (excludes halogenated alkanes) is 42. The Morgan fingerprint density at radius 2 is 0.481 bits per heavy atom. The molecule has 0 rings (SSSR count). The second-order valence-electron chi connectivity index (χ2n) is 23.8.